The number of halogens is 2. The van der Waals surface area contributed by atoms with Gasteiger partial charge < -0.3 is 0 Å². The van der Waals surface area contributed by atoms with Crippen LogP contribution in [0.25, 0.3) is 6.08 Å². The number of rotatable bonds is 3. The van der Waals surface area contributed by atoms with Gasteiger partial charge in [0.1, 0.15) is 5.82 Å². The maximum atomic E-state index is 13.2. The van der Waals surface area contributed by atoms with Gasteiger partial charge in [-0.05, 0) is 30.5 Å². The lowest BCUT2D eigenvalue weighted by molar-refractivity contribution is 0.618. The Morgan fingerprint density at radius 1 is 1.50 bits per heavy atom. The molecule has 0 saturated heterocycles. The number of hydrogen-bond donors (Lipinski definition) is 0. The molecule has 0 aromatic heterocycles. The van der Waals surface area contributed by atoms with E-state index in [1.165, 1.54) is 5.57 Å². The highest BCUT2D eigenvalue weighted by Crippen LogP contribution is 2.15. The summed E-state index contributed by atoms with van der Waals surface area (Å²) in [7, 11) is 0. The molecule has 0 unspecified atom stereocenters. The molecule has 0 atom stereocenters. The topological polar surface area (TPSA) is 0 Å². The highest BCUT2D eigenvalue weighted by atomic mass is 79.9. The summed E-state index contributed by atoms with van der Waals surface area (Å²) in [6.45, 7) is 3.87. The van der Waals surface area contributed by atoms with Crippen molar-refractivity contribution in [2.24, 2.45) is 0 Å². The first-order valence-corrected chi connectivity index (χ1v) is 5.81. The molecule has 0 radical (unpaired) electrons. The molecule has 0 amide bonds. The molecule has 0 spiro atoms. The first kappa shape index (κ1) is 11.4. The van der Waals surface area contributed by atoms with Crippen molar-refractivity contribution < 1.29 is 4.39 Å². The van der Waals surface area contributed by atoms with E-state index in [2.05, 4.69) is 22.9 Å². The van der Waals surface area contributed by atoms with Gasteiger partial charge >= 0.3 is 0 Å². The van der Waals surface area contributed by atoms with Crippen LogP contribution >= 0.6 is 15.9 Å². The average Bonchev–Trinajstić information content (AvgIpc) is 2.19. The summed E-state index contributed by atoms with van der Waals surface area (Å²) in [5, 5.41) is 0.846. The molecule has 0 saturated carbocycles. The minimum Gasteiger partial charge on any atom is -0.207 e. The van der Waals surface area contributed by atoms with Crippen molar-refractivity contribution in [1.82, 2.24) is 0 Å². The normalized spacial score (nSPS) is 11.9. The highest BCUT2D eigenvalue weighted by molar-refractivity contribution is 9.09. The van der Waals surface area contributed by atoms with Crippen LogP contribution in [0.1, 0.15) is 24.5 Å². The second kappa shape index (κ2) is 5.30. The third-order valence-electron chi connectivity index (χ3n) is 2.19. The maximum Gasteiger partial charge on any atom is 0.126 e. The van der Waals surface area contributed by atoms with E-state index in [4.69, 9.17) is 0 Å². The predicted molar refractivity (Wildman–Crippen MR) is 63.2 cm³/mol. The van der Waals surface area contributed by atoms with E-state index in [9.17, 15) is 4.39 Å². The van der Waals surface area contributed by atoms with Gasteiger partial charge in [0, 0.05) is 5.33 Å². The summed E-state index contributed by atoms with van der Waals surface area (Å²) in [4.78, 5) is 0. The van der Waals surface area contributed by atoms with Crippen LogP contribution in [0.15, 0.2) is 23.8 Å². The van der Waals surface area contributed by atoms with Gasteiger partial charge in [0.15, 0.2) is 0 Å². The van der Waals surface area contributed by atoms with Gasteiger partial charge in [-0.25, -0.2) is 4.39 Å². The lowest BCUT2D eigenvalue weighted by atomic mass is 10.1. The predicted octanol–water partition coefficient (Wildman–Crippen LogP) is 4.32. The Morgan fingerprint density at radius 2 is 2.21 bits per heavy atom. The number of benzene rings is 1. The van der Waals surface area contributed by atoms with E-state index < -0.39 is 0 Å². The van der Waals surface area contributed by atoms with E-state index in [1.54, 1.807) is 13.0 Å². The Bertz CT molecular complexity index is 336. The van der Waals surface area contributed by atoms with Crippen LogP contribution in [0.4, 0.5) is 4.39 Å². The zero-order chi connectivity index (χ0) is 10.6. The first-order valence-electron chi connectivity index (χ1n) is 4.69. The van der Waals surface area contributed by atoms with Crippen LogP contribution in [0.3, 0.4) is 0 Å². The van der Waals surface area contributed by atoms with Gasteiger partial charge in [-0.1, -0.05) is 46.6 Å². The fraction of sp³-hybridized carbons (Fsp3) is 0.333. The van der Waals surface area contributed by atoms with Crippen molar-refractivity contribution in [1.29, 1.82) is 0 Å². The molecule has 0 fully saturated rings. The van der Waals surface area contributed by atoms with Crippen LogP contribution < -0.4 is 0 Å². The molecular formula is C12H14BrF. The average molecular weight is 257 g/mol. The molecule has 0 bridgehead atoms. The third kappa shape index (κ3) is 2.95. The van der Waals surface area contributed by atoms with Gasteiger partial charge in [0.05, 0.1) is 0 Å². The van der Waals surface area contributed by atoms with Crippen molar-refractivity contribution in [3.63, 3.8) is 0 Å². The third-order valence-corrected chi connectivity index (χ3v) is 2.91. The Hall–Kier alpha value is -0.630. The highest BCUT2D eigenvalue weighted by Gasteiger charge is 1.98. The van der Waals surface area contributed by atoms with Gasteiger partial charge in [0.25, 0.3) is 0 Å². The Labute approximate surface area is 93.0 Å². The minimum absolute atomic E-state index is 0.135. The lowest BCUT2D eigenvalue weighted by Gasteiger charge is -2.01. The molecule has 14 heavy (non-hydrogen) atoms. The SMILES string of the molecule is CC/C(=C/c1ccc(C)c(F)c1)CBr. The number of hydrogen-bond acceptors (Lipinski definition) is 0. The van der Waals surface area contributed by atoms with Crippen molar-refractivity contribution in [3.05, 3.63) is 40.7 Å². The summed E-state index contributed by atoms with van der Waals surface area (Å²) < 4.78 is 13.2. The zero-order valence-electron chi connectivity index (χ0n) is 8.48. The van der Waals surface area contributed by atoms with E-state index in [0.29, 0.717) is 5.56 Å². The zero-order valence-corrected chi connectivity index (χ0v) is 10.1. The van der Waals surface area contributed by atoms with Gasteiger partial charge in [0.2, 0.25) is 0 Å². The number of aryl methyl sites for hydroxylation is 1. The van der Waals surface area contributed by atoms with Crippen LogP contribution in [0.5, 0.6) is 0 Å². The van der Waals surface area contributed by atoms with Crippen molar-refractivity contribution in [2.75, 3.05) is 5.33 Å². The molecule has 1 rings (SSSR count). The van der Waals surface area contributed by atoms with E-state index in [1.807, 2.05) is 18.2 Å². The smallest absolute Gasteiger partial charge is 0.126 e. The number of allylic oxidation sites excluding steroid dienone is 1. The van der Waals surface area contributed by atoms with Crippen molar-refractivity contribution in [2.45, 2.75) is 20.3 Å². The lowest BCUT2D eigenvalue weighted by Crippen LogP contribution is -1.86. The largest absolute Gasteiger partial charge is 0.207 e. The Morgan fingerprint density at radius 3 is 2.71 bits per heavy atom. The molecular weight excluding hydrogens is 243 g/mol. The molecule has 0 nitrogen and oxygen atoms in total. The fourth-order valence-corrected chi connectivity index (χ4v) is 1.73. The van der Waals surface area contributed by atoms with Crippen molar-refractivity contribution in [3.8, 4) is 0 Å². The molecule has 2 heteroatoms. The first-order chi connectivity index (χ1) is 6.67. The summed E-state index contributed by atoms with van der Waals surface area (Å²) in [6.07, 6.45) is 3.01. The monoisotopic (exact) mass is 256 g/mol. The second-order valence-electron chi connectivity index (χ2n) is 3.30. The van der Waals surface area contributed by atoms with E-state index >= 15 is 0 Å². The maximum absolute atomic E-state index is 13.2. The summed E-state index contributed by atoms with van der Waals surface area (Å²) >= 11 is 3.40. The van der Waals surface area contributed by atoms with Gasteiger partial charge in [-0.3, -0.25) is 0 Å². The molecule has 76 valence electrons. The number of alkyl halides is 1. The summed E-state index contributed by atoms with van der Waals surface area (Å²) in [5.41, 5.74) is 2.90. The second-order valence-corrected chi connectivity index (χ2v) is 3.86. The molecule has 1 aromatic rings. The van der Waals surface area contributed by atoms with Crippen LogP contribution in [-0.2, 0) is 0 Å². The van der Waals surface area contributed by atoms with Crippen molar-refractivity contribution >= 4 is 22.0 Å². The Kier molecular flexibility index (Phi) is 4.33. The molecule has 0 aliphatic carbocycles. The molecule has 0 aliphatic heterocycles. The van der Waals surface area contributed by atoms with Gasteiger partial charge in [-0.15, -0.1) is 0 Å². The fourth-order valence-electron chi connectivity index (χ4n) is 1.17. The standard InChI is InChI=1S/C12H14BrF/c1-3-10(8-13)6-11-5-4-9(2)12(14)7-11/h4-7H,3,8H2,1-2H3/b10-6-. The minimum atomic E-state index is -0.135. The molecule has 0 aliphatic rings. The Balaban J connectivity index is 2.97. The molecule has 1 aromatic carbocycles. The van der Waals surface area contributed by atoms with Crippen LogP contribution in [0.2, 0.25) is 0 Å². The molecule has 0 heterocycles. The van der Waals surface area contributed by atoms with Crippen LogP contribution in [-0.4, -0.2) is 5.33 Å². The summed E-state index contributed by atoms with van der Waals surface area (Å²) in [5.74, 6) is -0.135. The van der Waals surface area contributed by atoms with E-state index in [0.717, 1.165) is 17.3 Å². The van der Waals surface area contributed by atoms with Gasteiger partial charge in [-0.2, -0.15) is 0 Å². The van der Waals surface area contributed by atoms with Crippen LogP contribution in [0, 0.1) is 12.7 Å². The quantitative estimate of drug-likeness (QED) is 0.707. The van der Waals surface area contributed by atoms with E-state index in [-0.39, 0.29) is 5.82 Å². The summed E-state index contributed by atoms with van der Waals surface area (Å²) in [6, 6.07) is 5.33. The molecule has 0 N–H and O–H groups in total.